The van der Waals surface area contributed by atoms with Gasteiger partial charge in [0.1, 0.15) is 0 Å². The Bertz CT molecular complexity index is 446. The highest BCUT2D eigenvalue weighted by Crippen LogP contribution is 2.05. The minimum atomic E-state index is -0.529. The van der Waals surface area contributed by atoms with Gasteiger partial charge in [0.25, 0.3) is 5.91 Å². The van der Waals surface area contributed by atoms with Crippen LogP contribution in [0, 0.1) is 0 Å². The lowest BCUT2D eigenvalue weighted by Gasteiger charge is -2.34. The lowest BCUT2D eigenvalue weighted by atomic mass is 10.2. The predicted octanol–water partition coefficient (Wildman–Crippen LogP) is -0.238. The smallest absolute Gasteiger partial charge is 0.255 e. The van der Waals surface area contributed by atoms with Crippen LogP contribution in [0.1, 0.15) is 10.4 Å². The fourth-order valence-corrected chi connectivity index (χ4v) is 2.49. The van der Waals surface area contributed by atoms with Crippen LogP contribution in [-0.2, 0) is 0 Å². The highest BCUT2D eigenvalue weighted by atomic mass is 16.3. The summed E-state index contributed by atoms with van der Waals surface area (Å²) in [5.41, 5.74) is 0.548. The third kappa shape index (κ3) is 4.77. The highest BCUT2D eigenvalue weighted by Gasteiger charge is 2.20. The van der Waals surface area contributed by atoms with Crippen LogP contribution in [0.3, 0.4) is 0 Å². The van der Waals surface area contributed by atoms with Gasteiger partial charge in [-0.05, 0) is 19.2 Å². The molecule has 1 N–H and O–H groups in total. The van der Waals surface area contributed by atoms with Gasteiger partial charge in [-0.3, -0.25) is 14.7 Å². The summed E-state index contributed by atoms with van der Waals surface area (Å²) in [5, 5.41) is 10.2. The van der Waals surface area contributed by atoms with E-state index >= 15 is 0 Å². The first kappa shape index (κ1) is 15.9. The van der Waals surface area contributed by atoms with Gasteiger partial charge in [-0.15, -0.1) is 0 Å². The second kappa shape index (κ2) is 7.49. The molecule has 6 nitrogen and oxygen atoms in total. The van der Waals surface area contributed by atoms with Crippen molar-refractivity contribution in [3.8, 4) is 0 Å². The summed E-state index contributed by atoms with van der Waals surface area (Å²) in [6.45, 7) is 4.93. The molecule has 2 rings (SSSR count). The summed E-state index contributed by atoms with van der Waals surface area (Å²) in [7, 11) is 3.82. The van der Waals surface area contributed by atoms with Crippen LogP contribution in [0.15, 0.2) is 24.5 Å². The van der Waals surface area contributed by atoms with E-state index in [0.717, 1.165) is 26.2 Å². The van der Waals surface area contributed by atoms with Crippen LogP contribution in [0.2, 0.25) is 0 Å². The van der Waals surface area contributed by atoms with Crippen molar-refractivity contribution in [2.75, 3.05) is 53.4 Å². The lowest BCUT2D eigenvalue weighted by Crippen LogP contribution is -2.49. The van der Waals surface area contributed by atoms with Crippen molar-refractivity contribution in [1.82, 2.24) is 19.7 Å². The van der Waals surface area contributed by atoms with Gasteiger partial charge in [0.15, 0.2) is 0 Å². The molecule has 1 atom stereocenters. The number of hydrogen-bond donors (Lipinski definition) is 1. The monoisotopic (exact) mass is 292 g/mol. The highest BCUT2D eigenvalue weighted by molar-refractivity contribution is 5.93. The van der Waals surface area contributed by atoms with Crippen LogP contribution in [0.25, 0.3) is 0 Å². The number of rotatable bonds is 5. The van der Waals surface area contributed by atoms with Crippen molar-refractivity contribution in [1.29, 1.82) is 0 Å². The van der Waals surface area contributed by atoms with Gasteiger partial charge >= 0.3 is 0 Å². The molecule has 116 valence electrons. The van der Waals surface area contributed by atoms with Crippen LogP contribution in [0.5, 0.6) is 0 Å². The van der Waals surface area contributed by atoms with E-state index in [0.29, 0.717) is 18.7 Å². The minimum absolute atomic E-state index is 0.111. The van der Waals surface area contributed by atoms with Crippen molar-refractivity contribution in [3.05, 3.63) is 30.1 Å². The predicted molar refractivity (Wildman–Crippen MR) is 81.1 cm³/mol. The third-order valence-electron chi connectivity index (χ3n) is 3.80. The minimum Gasteiger partial charge on any atom is -0.390 e. The molecule has 1 aliphatic rings. The second-order valence-electron chi connectivity index (χ2n) is 5.69. The number of β-amino-alcohol motifs (C(OH)–C–C–N with tert-alkyl or cyclic N) is 1. The number of piperazine rings is 1. The van der Waals surface area contributed by atoms with Gasteiger partial charge in [-0.1, -0.05) is 0 Å². The first-order valence-electron chi connectivity index (χ1n) is 7.30. The first-order chi connectivity index (χ1) is 10.1. The number of carbonyl (C=O) groups excluding carboxylic acids is 1. The Morgan fingerprint density at radius 2 is 2.14 bits per heavy atom. The summed E-state index contributed by atoms with van der Waals surface area (Å²) in [4.78, 5) is 22.2. The fourth-order valence-electron chi connectivity index (χ4n) is 2.49. The molecule has 1 amide bonds. The standard InChI is InChI=1S/C15H24N4O2/c1-17-6-8-19(9-7-17)12-14(20)11-18(2)15(21)13-4-3-5-16-10-13/h3-5,10,14,20H,6-9,11-12H2,1-2H3. The summed E-state index contributed by atoms with van der Waals surface area (Å²) in [6, 6.07) is 3.47. The zero-order valence-electron chi connectivity index (χ0n) is 12.8. The molecular weight excluding hydrogens is 268 g/mol. The zero-order chi connectivity index (χ0) is 15.2. The number of pyridine rings is 1. The largest absolute Gasteiger partial charge is 0.390 e. The maximum Gasteiger partial charge on any atom is 0.255 e. The Labute approximate surface area is 126 Å². The first-order valence-corrected chi connectivity index (χ1v) is 7.30. The number of aliphatic hydroxyl groups excluding tert-OH is 1. The molecule has 1 aromatic rings. The molecule has 0 aromatic carbocycles. The van der Waals surface area contributed by atoms with E-state index in [1.165, 1.54) is 0 Å². The van der Waals surface area contributed by atoms with Crippen molar-refractivity contribution < 1.29 is 9.90 Å². The number of aliphatic hydroxyl groups is 1. The summed E-state index contributed by atoms with van der Waals surface area (Å²) in [5.74, 6) is -0.111. The Kier molecular flexibility index (Phi) is 5.67. The SMILES string of the molecule is CN1CCN(CC(O)CN(C)C(=O)c2cccnc2)CC1. The van der Waals surface area contributed by atoms with Gasteiger partial charge in [-0.2, -0.15) is 0 Å². The number of likely N-dealkylation sites (N-methyl/N-ethyl adjacent to an activating group) is 2. The zero-order valence-corrected chi connectivity index (χ0v) is 12.8. The molecule has 1 saturated heterocycles. The van der Waals surface area contributed by atoms with Crippen LogP contribution >= 0.6 is 0 Å². The summed E-state index contributed by atoms with van der Waals surface area (Å²) < 4.78 is 0. The number of carbonyl (C=O) groups is 1. The Balaban J connectivity index is 1.79. The van der Waals surface area contributed by atoms with Crippen LogP contribution < -0.4 is 0 Å². The molecule has 0 bridgehead atoms. The molecule has 0 spiro atoms. The maximum atomic E-state index is 12.2. The molecule has 1 unspecified atom stereocenters. The molecule has 21 heavy (non-hydrogen) atoms. The normalized spacial score (nSPS) is 18.4. The van der Waals surface area contributed by atoms with Crippen molar-refractivity contribution in [2.24, 2.45) is 0 Å². The van der Waals surface area contributed by atoms with E-state index in [9.17, 15) is 9.90 Å². The molecule has 1 aliphatic heterocycles. The molecule has 1 aromatic heterocycles. The average molecular weight is 292 g/mol. The van der Waals surface area contributed by atoms with E-state index in [2.05, 4.69) is 21.8 Å². The summed E-state index contributed by atoms with van der Waals surface area (Å²) in [6.07, 6.45) is 2.66. The number of aromatic nitrogens is 1. The average Bonchev–Trinajstić information content (AvgIpc) is 2.49. The Morgan fingerprint density at radius 3 is 2.76 bits per heavy atom. The van der Waals surface area contributed by atoms with Gasteiger partial charge in [0.05, 0.1) is 11.7 Å². The third-order valence-corrected chi connectivity index (χ3v) is 3.80. The number of hydrogen-bond acceptors (Lipinski definition) is 5. The van der Waals surface area contributed by atoms with Gasteiger partial charge in [0, 0.05) is 58.7 Å². The molecule has 1 fully saturated rings. The number of amides is 1. The van der Waals surface area contributed by atoms with Crippen LogP contribution in [-0.4, -0.2) is 90.2 Å². The van der Waals surface area contributed by atoms with E-state index in [1.807, 2.05) is 0 Å². The topological polar surface area (TPSA) is 59.9 Å². The number of nitrogens with zero attached hydrogens (tertiary/aromatic N) is 4. The van der Waals surface area contributed by atoms with Crippen LogP contribution in [0.4, 0.5) is 0 Å². The van der Waals surface area contributed by atoms with E-state index in [4.69, 9.17) is 0 Å². The van der Waals surface area contributed by atoms with Crippen molar-refractivity contribution in [3.63, 3.8) is 0 Å². The van der Waals surface area contributed by atoms with E-state index in [-0.39, 0.29) is 5.91 Å². The van der Waals surface area contributed by atoms with Gasteiger partial charge in [0.2, 0.25) is 0 Å². The van der Waals surface area contributed by atoms with Crippen molar-refractivity contribution in [2.45, 2.75) is 6.10 Å². The maximum absolute atomic E-state index is 12.2. The van der Waals surface area contributed by atoms with E-state index in [1.54, 1.807) is 36.5 Å². The van der Waals surface area contributed by atoms with Gasteiger partial charge < -0.3 is 14.9 Å². The Morgan fingerprint density at radius 1 is 1.43 bits per heavy atom. The van der Waals surface area contributed by atoms with E-state index < -0.39 is 6.10 Å². The molecule has 6 heteroatoms. The lowest BCUT2D eigenvalue weighted by molar-refractivity contribution is 0.0501. The van der Waals surface area contributed by atoms with Crippen molar-refractivity contribution >= 4 is 5.91 Å². The van der Waals surface area contributed by atoms with Gasteiger partial charge in [-0.25, -0.2) is 0 Å². The fraction of sp³-hybridized carbons (Fsp3) is 0.600. The molecule has 0 saturated carbocycles. The molecule has 0 aliphatic carbocycles. The molecular formula is C15H24N4O2. The Hall–Kier alpha value is -1.50. The summed E-state index contributed by atoms with van der Waals surface area (Å²) >= 11 is 0. The second-order valence-corrected chi connectivity index (χ2v) is 5.69. The molecule has 2 heterocycles. The molecule has 0 radical (unpaired) electrons. The quantitative estimate of drug-likeness (QED) is 0.812.